The van der Waals surface area contributed by atoms with Gasteiger partial charge in [0.1, 0.15) is 0 Å². The standard InChI is InChI=1S/C11H14BrN2/c1-13-5-7-14(8-6-13)11-4-2-3-10(12)9-11/h2-4,9H,1,5-8H2. The molecule has 0 amide bonds. The van der Waals surface area contributed by atoms with Crippen molar-refractivity contribution in [3.05, 3.63) is 35.8 Å². The summed E-state index contributed by atoms with van der Waals surface area (Å²) in [5.41, 5.74) is 1.30. The Balaban J connectivity index is 2.08. The predicted molar refractivity (Wildman–Crippen MR) is 63.3 cm³/mol. The van der Waals surface area contributed by atoms with Crippen LogP contribution in [0.4, 0.5) is 5.69 Å². The van der Waals surface area contributed by atoms with Gasteiger partial charge in [0.25, 0.3) is 0 Å². The third kappa shape index (κ3) is 2.28. The van der Waals surface area contributed by atoms with Crippen LogP contribution in [-0.2, 0) is 0 Å². The van der Waals surface area contributed by atoms with Crippen molar-refractivity contribution in [3.8, 4) is 0 Å². The summed E-state index contributed by atoms with van der Waals surface area (Å²) in [5, 5.41) is 0. The lowest BCUT2D eigenvalue weighted by atomic mass is 10.2. The normalized spacial score (nSPS) is 18.6. The van der Waals surface area contributed by atoms with Gasteiger partial charge in [0.15, 0.2) is 0 Å². The molecule has 0 unspecified atom stereocenters. The Bertz CT molecular complexity index is 306. The van der Waals surface area contributed by atoms with Gasteiger partial charge in [-0.25, -0.2) is 0 Å². The highest BCUT2D eigenvalue weighted by Crippen LogP contribution is 2.20. The highest BCUT2D eigenvalue weighted by Gasteiger charge is 2.13. The molecule has 1 fully saturated rings. The van der Waals surface area contributed by atoms with Crippen molar-refractivity contribution in [2.75, 3.05) is 31.1 Å². The second-order valence-electron chi connectivity index (χ2n) is 3.58. The maximum atomic E-state index is 3.94. The first-order valence-electron chi connectivity index (χ1n) is 4.82. The van der Waals surface area contributed by atoms with E-state index in [-0.39, 0.29) is 0 Å². The van der Waals surface area contributed by atoms with Gasteiger partial charge < -0.3 is 4.90 Å². The van der Waals surface area contributed by atoms with E-state index in [2.05, 4.69) is 57.0 Å². The van der Waals surface area contributed by atoms with E-state index in [0.29, 0.717) is 0 Å². The summed E-state index contributed by atoms with van der Waals surface area (Å²) in [4.78, 5) is 4.51. The molecular weight excluding hydrogens is 240 g/mol. The zero-order chi connectivity index (χ0) is 9.97. The third-order valence-corrected chi connectivity index (χ3v) is 3.04. The summed E-state index contributed by atoms with van der Waals surface area (Å²) in [6, 6.07) is 8.46. The predicted octanol–water partition coefficient (Wildman–Crippen LogP) is 2.36. The largest absolute Gasteiger partial charge is 0.369 e. The van der Waals surface area contributed by atoms with Crippen LogP contribution in [0, 0.1) is 7.05 Å². The molecule has 1 aromatic rings. The van der Waals surface area contributed by atoms with E-state index in [1.807, 2.05) is 0 Å². The lowest BCUT2D eigenvalue weighted by Gasteiger charge is -2.33. The minimum atomic E-state index is 1.05. The van der Waals surface area contributed by atoms with Crippen LogP contribution in [-0.4, -0.2) is 31.1 Å². The van der Waals surface area contributed by atoms with Crippen LogP contribution in [0.15, 0.2) is 28.7 Å². The molecule has 14 heavy (non-hydrogen) atoms. The van der Waals surface area contributed by atoms with E-state index in [1.54, 1.807) is 0 Å². The van der Waals surface area contributed by atoms with Gasteiger partial charge in [-0.3, -0.25) is 4.90 Å². The van der Waals surface area contributed by atoms with Crippen molar-refractivity contribution in [2.45, 2.75) is 0 Å². The van der Waals surface area contributed by atoms with Crippen LogP contribution < -0.4 is 4.90 Å². The summed E-state index contributed by atoms with van der Waals surface area (Å²) in [7, 11) is 3.94. The van der Waals surface area contributed by atoms with Crippen LogP contribution in [0.1, 0.15) is 0 Å². The van der Waals surface area contributed by atoms with E-state index in [0.717, 1.165) is 30.7 Å². The molecule has 0 aliphatic carbocycles. The number of anilines is 1. The Hall–Kier alpha value is -0.540. The quantitative estimate of drug-likeness (QED) is 0.759. The van der Waals surface area contributed by atoms with E-state index in [1.165, 1.54) is 5.69 Å². The molecule has 0 N–H and O–H groups in total. The number of rotatable bonds is 1. The van der Waals surface area contributed by atoms with E-state index in [4.69, 9.17) is 0 Å². The number of benzene rings is 1. The van der Waals surface area contributed by atoms with Crippen LogP contribution >= 0.6 is 15.9 Å². The molecule has 1 aliphatic rings. The molecule has 0 bridgehead atoms. The SMILES string of the molecule is [CH2]N1CCN(c2cccc(Br)c2)CC1. The summed E-state index contributed by atoms with van der Waals surface area (Å²) in [6.45, 7) is 4.24. The number of hydrogen-bond acceptors (Lipinski definition) is 2. The Labute approximate surface area is 93.6 Å². The second-order valence-corrected chi connectivity index (χ2v) is 4.50. The van der Waals surface area contributed by atoms with Crippen molar-refractivity contribution >= 4 is 21.6 Å². The van der Waals surface area contributed by atoms with E-state index >= 15 is 0 Å². The maximum absolute atomic E-state index is 3.94. The lowest BCUT2D eigenvalue weighted by Crippen LogP contribution is -2.43. The molecule has 1 saturated heterocycles. The first kappa shape index (κ1) is 9.99. The Morgan fingerprint density at radius 1 is 1.14 bits per heavy atom. The molecule has 3 heteroatoms. The zero-order valence-electron chi connectivity index (χ0n) is 8.12. The summed E-state index contributed by atoms with van der Waals surface area (Å²) < 4.78 is 1.15. The Morgan fingerprint density at radius 3 is 2.50 bits per heavy atom. The van der Waals surface area contributed by atoms with Crippen molar-refractivity contribution in [3.63, 3.8) is 0 Å². The fraction of sp³-hybridized carbons (Fsp3) is 0.364. The molecule has 0 spiro atoms. The van der Waals surface area contributed by atoms with Gasteiger partial charge in [-0.1, -0.05) is 22.0 Å². The van der Waals surface area contributed by atoms with Crippen LogP contribution in [0.3, 0.4) is 0 Å². The van der Waals surface area contributed by atoms with Gasteiger partial charge in [-0.05, 0) is 18.2 Å². The molecule has 0 atom stereocenters. The van der Waals surface area contributed by atoms with Crippen molar-refractivity contribution in [1.29, 1.82) is 0 Å². The number of piperazine rings is 1. The number of halogens is 1. The van der Waals surface area contributed by atoms with Crippen molar-refractivity contribution < 1.29 is 0 Å². The Morgan fingerprint density at radius 2 is 1.86 bits per heavy atom. The van der Waals surface area contributed by atoms with Crippen LogP contribution in [0.25, 0.3) is 0 Å². The van der Waals surface area contributed by atoms with Gasteiger partial charge in [0.05, 0.1) is 0 Å². The lowest BCUT2D eigenvalue weighted by molar-refractivity contribution is 0.344. The van der Waals surface area contributed by atoms with E-state index in [9.17, 15) is 0 Å². The van der Waals surface area contributed by atoms with Gasteiger partial charge in [-0.2, -0.15) is 0 Å². The molecular formula is C11H14BrN2. The van der Waals surface area contributed by atoms with E-state index < -0.39 is 0 Å². The molecule has 0 aromatic heterocycles. The number of hydrogen-bond donors (Lipinski definition) is 0. The van der Waals surface area contributed by atoms with Crippen LogP contribution in [0.5, 0.6) is 0 Å². The first-order valence-corrected chi connectivity index (χ1v) is 5.61. The molecule has 1 aromatic carbocycles. The van der Waals surface area contributed by atoms with Gasteiger partial charge in [0, 0.05) is 43.4 Å². The molecule has 0 saturated carbocycles. The molecule has 2 rings (SSSR count). The Kier molecular flexibility index (Phi) is 3.08. The fourth-order valence-corrected chi connectivity index (χ4v) is 2.07. The van der Waals surface area contributed by atoms with Gasteiger partial charge in [-0.15, -0.1) is 0 Å². The van der Waals surface area contributed by atoms with Crippen molar-refractivity contribution in [1.82, 2.24) is 4.90 Å². The third-order valence-electron chi connectivity index (χ3n) is 2.55. The fourth-order valence-electron chi connectivity index (χ4n) is 1.68. The monoisotopic (exact) mass is 253 g/mol. The van der Waals surface area contributed by atoms with Gasteiger partial charge >= 0.3 is 0 Å². The molecule has 1 heterocycles. The smallest absolute Gasteiger partial charge is 0.0378 e. The first-order chi connectivity index (χ1) is 6.75. The van der Waals surface area contributed by atoms with Gasteiger partial charge in [0.2, 0.25) is 0 Å². The summed E-state index contributed by atoms with van der Waals surface area (Å²) >= 11 is 3.49. The number of nitrogens with zero attached hydrogens (tertiary/aromatic N) is 2. The van der Waals surface area contributed by atoms with Crippen LogP contribution in [0.2, 0.25) is 0 Å². The average Bonchev–Trinajstić information content (AvgIpc) is 2.19. The minimum Gasteiger partial charge on any atom is -0.369 e. The minimum absolute atomic E-state index is 1.05. The van der Waals surface area contributed by atoms with Crippen molar-refractivity contribution in [2.24, 2.45) is 0 Å². The maximum Gasteiger partial charge on any atom is 0.0378 e. The molecule has 2 nitrogen and oxygen atoms in total. The zero-order valence-corrected chi connectivity index (χ0v) is 9.70. The molecule has 75 valence electrons. The molecule has 1 radical (unpaired) electrons. The summed E-state index contributed by atoms with van der Waals surface area (Å²) in [5.74, 6) is 0. The molecule has 1 aliphatic heterocycles. The highest BCUT2D eigenvalue weighted by molar-refractivity contribution is 9.10. The summed E-state index contributed by atoms with van der Waals surface area (Å²) in [6.07, 6.45) is 0. The average molecular weight is 254 g/mol. The highest BCUT2D eigenvalue weighted by atomic mass is 79.9. The second kappa shape index (κ2) is 4.32. The topological polar surface area (TPSA) is 6.48 Å².